The molecule has 10 heteroatoms. The Balaban J connectivity index is 0.00000392. The third-order valence-corrected chi connectivity index (χ3v) is 6.53. The monoisotopic (exact) mass is 544 g/mol. The average molecular weight is 545 g/mol. The van der Waals surface area contributed by atoms with Gasteiger partial charge in [0.2, 0.25) is 10.0 Å². The van der Waals surface area contributed by atoms with Gasteiger partial charge in [0, 0.05) is 44.8 Å². The van der Waals surface area contributed by atoms with Gasteiger partial charge >= 0.3 is 0 Å². The fourth-order valence-electron chi connectivity index (χ4n) is 2.84. The molecule has 160 valence electrons. The summed E-state index contributed by atoms with van der Waals surface area (Å²) in [4.78, 5) is 6.38. The molecule has 1 aromatic rings. The summed E-state index contributed by atoms with van der Waals surface area (Å²) in [5.74, 6) is 0.764. The number of benzene rings is 1. The quantitative estimate of drug-likeness (QED) is 0.324. The standard InChI is InChI=1S/C18H29ClN4O3S.HI/c1-15(2)26-12-13-27(24,25)23-10-8-22(9-11-23)18(20-3)21-14-16-6-4-5-7-17(16)19;/h4-7,15H,8-14H2,1-3H3,(H,20,21);1H. The Hall–Kier alpha value is -0.620. The smallest absolute Gasteiger partial charge is 0.216 e. The minimum Gasteiger partial charge on any atom is -0.378 e. The van der Waals surface area contributed by atoms with Gasteiger partial charge < -0.3 is 15.0 Å². The number of guanidine groups is 1. The van der Waals surface area contributed by atoms with Gasteiger partial charge in [-0.3, -0.25) is 4.99 Å². The second-order valence-electron chi connectivity index (χ2n) is 6.61. The van der Waals surface area contributed by atoms with Crippen molar-refractivity contribution < 1.29 is 13.2 Å². The maximum absolute atomic E-state index is 12.4. The van der Waals surface area contributed by atoms with Crippen LogP contribution in [-0.4, -0.2) is 75.3 Å². The molecular weight excluding hydrogens is 515 g/mol. The van der Waals surface area contributed by atoms with Crippen molar-refractivity contribution in [2.24, 2.45) is 4.99 Å². The Morgan fingerprint density at radius 3 is 2.46 bits per heavy atom. The van der Waals surface area contributed by atoms with Crippen LogP contribution in [0, 0.1) is 0 Å². The number of hydrogen-bond acceptors (Lipinski definition) is 4. The predicted molar refractivity (Wildman–Crippen MR) is 125 cm³/mol. The largest absolute Gasteiger partial charge is 0.378 e. The molecular formula is C18H30ClIN4O3S. The van der Waals surface area contributed by atoms with Crippen molar-refractivity contribution in [1.29, 1.82) is 0 Å². The van der Waals surface area contributed by atoms with Crippen molar-refractivity contribution in [1.82, 2.24) is 14.5 Å². The van der Waals surface area contributed by atoms with E-state index in [-0.39, 0.29) is 42.4 Å². The van der Waals surface area contributed by atoms with Gasteiger partial charge in [-0.25, -0.2) is 8.42 Å². The van der Waals surface area contributed by atoms with Crippen LogP contribution in [0.25, 0.3) is 0 Å². The first-order valence-electron chi connectivity index (χ1n) is 9.12. The third kappa shape index (κ3) is 7.66. The summed E-state index contributed by atoms with van der Waals surface area (Å²) in [6.07, 6.45) is 0.0320. The molecule has 0 radical (unpaired) electrons. The van der Waals surface area contributed by atoms with E-state index in [2.05, 4.69) is 15.2 Å². The number of ether oxygens (including phenoxy) is 1. The Kier molecular flexibility index (Phi) is 11.0. The summed E-state index contributed by atoms with van der Waals surface area (Å²) < 4.78 is 31.8. The van der Waals surface area contributed by atoms with Crippen molar-refractivity contribution in [3.63, 3.8) is 0 Å². The van der Waals surface area contributed by atoms with Crippen LogP contribution in [0.3, 0.4) is 0 Å². The van der Waals surface area contributed by atoms with Crippen LogP contribution < -0.4 is 5.32 Å². The molecule has 0 amide bonds. The molecule has 0 unspecified atom stereocenters. The fourth-order valence-corrected chi connectivity index (χ4v) is 4.33. The van der Waals surface area contributed by atoms with E-state index < -0.39 is 10.0 Å². The number of hydrogen-bond donors (Lipinski definition) is 1. The van der Waals surface area contributed by atoms with Crippen molar-refractivity contribution in [3.05, 3.63) is 34.9 Å². The van der Waals surface area contributed by atoms with Crippen LogP contribution in [0.4, 0.5) is 0 Å². The SMILES string of the molecule is CN=C(NCc1ccccc1Cl)N1CCN(S(=O)(=O)CCOC(C)C)CC1.I. The summed E-state index contributed by atoms with van der Waals surface area (Å²) in [5, 5.41) is 4.01. The molecule has 1 aromatic carbocycles. The van der Waals surface area contributed by atoms with Crippen LogP contribution in [0.5, 0.6) is 0 Å². The van der Waals surface area contributed by atoms with Crippen LogP contribution >= 0.6 is 35.6 Å². The molecule has 2 rings (SSSR count). The van der Waals surface area contributed by atoms with E-state index in [0.717, 1.165) is 11.5 Å². The molecule has 28 heavy (non-hydrogen) atoms. The molecule has 1 saturated heterocycles. The lowest BCUT2D eigenvalue weighted by Crippen LogP contribution is -2.54. The second-order valence-corrected chi connectivity index (χ2v) is 9.11. The highest BCUT2D eigenvalue weighted by Gasteiger charge is 2.28. The molecule has 0 atom stereocenters. The molecule has 1 aliphatic heterocycles. The van der Waals surface area contributed by atoms with Crippen molar-refractivity contribution in [3.8, 4) is 0 Å². The zero-order valence-corrected chi connectivity index (χ0v) is 20.5. The summed E-state index contributed by atoms with van der Waals surface area (Å²) >= 11 is 6.19. The molecule has 0 saturated carbocycles. The highest BCUT2D eigenvalue weighted by atomic mass is 127. The van der Waals surface area contributed by atoms with Gasteiger partial charge in [-0.05, 0) is 25.5 Å². The average Bonchev–Trinajstić information content (AvgIpc) is 2.63. The van der Waals surface area contributed by atoms with E-state index in [1.165, 1.54) is 4.31 Å². The van der Waals surface area contributed by atoms with Gasteiger partial charge in [0.15, 0.2) is 5.96 Å². The van der Waals surface area contributed by atoms with Crippen LogP contribution in [0.1, 0.15) is 19.4 Å². The van der Waals surface area contributed by atoms with E-state index in [1.54, 1.807) is 7.05 Å². The lowest BCUT2D eigenvalue weighted by Gasteiger charge is -2.35. The number of piperazine rings is 1. The minimum atomic E-state index is -3.29. The molecule has 0 spiro atoms. The maximum atomic E-state index is 12.4. The Morgan fingerprint density at radius 1 is 1.25 bits per heavy atom. The topological polar surface area (TPSA) is 74.2 Å². The zero-order valence-electron chi connectivity index (χ0n) is 16.6. The van der Waals surface area contributed by atoms with Gasteiger partial charge in [-0.2, -0.15) is 4.31 Å². The van der Waals surface area contributed by atoms with Crippen molar-refractivity contribution in [2.45, 2.75) is 26.5 Å². The Bertz CT molecular complexity index is 738. The molecule has 1 N–H and O–H groups in total. The number of nitrogens with one attached hydrogen (secondary N) is 1. The van der Waals surface area contributed by atoms with Crippen molar-refractivity contribution in [2.75, 3.05) is 45.6 Å². The number of aliphatic imine (C=N–C) groups is 1. The fraction of sp³-hybridized carbons (Fsp3) is 0.611. The van der Waals surface area contributed by atoms with Crippen molar-refractivity contribution >= 4 is 51.6 Å². The molecule has 0 aromatic heterocycles. The number of nitrogens with zero attached hydrogens (tertiary/aromatic N) is 3. The van der Waals surface area contributed by atoms with Gasteiger partial charge in [0.25, 0.3) is 0 Å². The van der Waals surface area contributed by atoms with Gasteiger partial charge in [-0.1, -0.05) is 29.8 Å². The van der Waals surface area contributed by atoms with Gasteiger partial charge in [-0.15, -0.1) is 24.0 Å². The molecule has 7 nitrogen and oxygen atoms in total. The summed E-state index contributed by atoms with van der Waals surface area (Å²) in [6.45, 7) is 6.64. The number of rotatable bonds is 7. The molecule has 0 bridgehead atoms. The van der Waals surface area contributed by atoms with Gasteiger partial charge in [0.05, 0.1) is 18.5 Å². The summed E-state index contributed by atoms with van der Waals surface area (Å²) in [7, 11) is -1.57. The third-order valence-electron chi connectivity index (χ3n) is 4.33. The minimum absolute atomic E-state index is 0. The van der Waals surface area contributed by atoms with Crippen LogP contribution in [0.2, 0.25) is 5.02 Å². The Labute approximate surface area is 190 Å². The molecule has 1 fully saturated rings. The normalized spacial score (nSPS) is 16.2. The lowest BCUT2D eigenvalue weighted by molar-refractivity contribution is 0.0904. The summed E-state index contributed by atoms with van der Waals surface area (Å²) in [5.41, 5.74) is 0.992. The highest BCUT2D eigenvalue weighted by Crippen LogP contribution is 2.15. The number of halogens is 2. The van der Waals surface area contributed by atoms with E-state index in [9.17, 15) is 8.42 Å². The lowest BCUT2D eigenvalue weighted by atomic mass is 10.2. The van der Waals surface area contributed by atoms with Crippen LogP contribution in [-0.2, 0) is 21.3 Å². The van der Waals surface area contributed by atoms with E-state index >= 15 is 0 Å². The van der Waals surface area contributed by atoms with Crippen LogP contribution in [0.15, 0.2) is 29.3 Å². The molecule has 1 heterocycles. The zero-order chi connectivity index (χ0) is 19.9. The summed E-state index contributed by atoms with van der Waals surface area (Å²) in [6, 6.07) is 7.66. The Morgan fingerprint density at radius 2 is 1.89 bits per heavy atom. The van der Waals surface area contributed by atoms with Gasteiger partial charge in [0.1, 0.15) is 0 Å². The maximum Gasteiger partial charge on any atom is 0.216 e. The number of sulfonamides is 1. The first-order valence-corrected chi connectivity index (χ1v) is 11.1. The van der Waals surface area contributed by atoms with E-state index in [4.69, 9.17) is 16.3 Å². The first-order chi connectivity index (χ1) is 12.8. The molecule has 0 aliphatic carbocycles. The first kappa shape index (κ1) is 25.4. The predicted octanol–water partition coefficient (Wildman–Crippen LogP) is 2.41. The second kappa shape index (κ2) is 12.2. The molecule has 1 aliphatic rings. The van der Waals surface area contributed by atoms with E-state index in [0.29, 0.717) is 37.7 Å². The highest BCUT2D eigenvalue weighted by molar-refractivity contribution is 14.0. The van der Waals surface area contributed by atoms with E-state index in [1.807, 2.05) is 38.1 Å².